The number of ether oxygens (including phenoxy) is 1. The third kappa shape index (κ3) is 4.33. The first-order chi connectivity index (χ1) is 16.9. The third-order valence-electron chi connectivity index (χ3n) is 5.94. The molecule has 0 bridgehead atoms. The molecule has 3 amide bonds. The second kappa shape index (κ2) is 9.18. The van der Waals surface area contributed by atoms with Gasteiger partial charge in [0.2, 0.25) is 5.91 Å². The Morgan fingerprint density at radius 3 is 2.43 bits per heavy atom. The fourth-order valence-corrected chi connectivity index (χ4v) is 5.03. The Hall–Kier alpha value is -4.25. The highest BCUT2D eigenvalue weighted by atomic mass is 32.1. The Balaban J connectivity index is 1.18. The van der Waals surface area contributed by atoms with Crippen molar-refractivity contribution in [2.75, 3.05) is 6.61 Å². The van der Waals surface area contributed by atoms with E-state index in [0.29, 0.717) is 5.01 Å². The number of aliphatic carboxylic acids is 1. The van der Waals surface area contributed by atoms with E-state index in [2.05, 4.69) is 27.9 Å². The number of amides is 3. The molecule has 3 aromatic rings. The van der Waals surface area contributed by atoms with Gasteiger partial charge in [0, 0.05) is 11.3 Å². The average Bonchev–Trinajstić information content (AvgIpc) is 3.57. The van der Waals surface area contributed by atoms with Crippen LogP contribution in [-0.4, -0.2) is 51.6 Å². The largest absolute Gasteiger partial charge is 0.480 e. The standard InChI is InChI=1S/C24H20N4O6S/c29-20-9-19(23(31)32)28(27-20)22(30)18-12-35-21(26-18)10-25-24(33)34-11-17-15-7-3-1-5-13(15)14-6-2-4-8-16(14)17/h1-8,12,17,19H,9-11H2,(H,25,33)(H,27,29)(H,31,32). The van der Waals surface area contributed by atoms with E-state index >= 15 is 0 Å². The molecule has 1 aliphatic carbocycles. The maximum Gasteiger partial charge on any atom is 0.407 e. The number of carbonyl (C=O) groups excluding carboxylic acids is 3. The lowest BCUT2D eigenvalue weighted by atomic mass is 9.98. The number of carboxylic acid groups (broad SMARTS) is 1. The minimum absolute atomic E-state index is 0.0206. The molecule has 35 heavy (non-hydrogen) atoms. The summed E-state index contributed by atoms with van der Waals surface area (Å²) in [5.74, 6) is -2.64. The first-order valence-corrected chi connectivity index (χ1v) is 11.7. The Bertz CT molecular complexity index is 1290. The number of nitrogens with zero attached hydrogens (tertiary/aromatic N) is 2. The fourth-order valence-electron chi connectivity index (χ4n) is 4.33. The second-order valence-electron chi connectivity index (χ2n) is 8.07. The Kier molecular flexibility index (Phi) is 5.91. The summed E-state index contributed by atoms with van der Waals surface area (Å²) in [7, 11) is 0. The summed E-state index contributed by atoms with van der Waals surface area (Å²) in [5.41, 5.74) is 6.71. The van der Waals surface area contributed by atoms with Gasteiger partial charge < -0.3 is 15.2 Å². The zero-order valence-corrected chi connectivity index (χ0v) is 19.1. The van der Waals surface area contributed by atoms with Crippen molar-refractivity contribution in [3.05, 3.63) is 75.7 Å². The number of hydrazine groups is 1. The van der Waals surface area contributed by atoms with E-state index in [0.717, 1.165) is 38.6 Å². The van der Waals surface area contributed by atoms with E-state index in [1.807, 2.05) is 36.4 Å². The normalized spacial score (nSPS) is 16.4. The van der Waals surface area contributed by atoms with Gasteiger partial charge in [-0.2, -0.15) is 0 Å². The van der Waals surface area contributed by atoms with E-state index in [4.69, 9.17) is 4.74 Å². The summed E-state index contributed by atoms with van der Waals surface area (Å²) in [5, 5.41) is 14.5. The zero-order chi connectivity index (χ0) is 24.5. The molecule has 2 heterocycles. The number of fused-ring (bicyclic) bond motifs is 3. The predicted octanol–water partition coefficient (Wildman–Crippen LogP) is 2.51. The van der Waals surface area contributed by atoms with Crippen LogP contribution in [0, 0.1) is 0 Å². The fraction of sp³-hybridized carbons (Fsp3) is 0.208. The highest BCUT2D eigenvalue weighted by Gasteiger charge is 2.40. The second-order valence-corrected chi connectivity index (χ2v) is 9.02. The van der Waals surface area contributed by atoms with Crippen LogP contribution in [0.4, 0.5) is 4.79 Å². The van der Waals surface area contributed by atoms with Crippen molar-refractivity contribution in [3.63, 3.8) is 0 Å². The average molecular weight is 493 g/mol. The number of nitrogens with one attached hydrogen (secondary N) is 2. The molecular formula is C24H20N4O6S. The number of hydrogen-bond donors (Lipinski definition) is 3. The molecule has 11 heteroatoms. The minimum Gasteiger partial charge on any atom is -0.480 e. The van der Waals surface area contributed by atoms with Crippen LogP contribution in [0.1, 0.15) is 39.0 Å². The molecule has 3 N–H and O–H groups in total. The highest BCUT2D eigenvalue weighted by molar-refractivity contribution is 7.09. The van der Waals surface area contributed by atoms with Crippen molar-refractivity contribution in [2.45, 2.75) is 24.9 Å². The van der Waals surface area contributed by atoms with Gasteiger partial charge in [0.25, 0.3) is 5.91 Å². The molecule has 1 saturated heterocycles. The van der Waals surface area contributed by atoms with Gasteiger partial charge in [0.1, 0.15) is 17.3 Å². The molecule has 0 saturated carbocycles. The maximum absolute atomic E-state index is 12.6. The molecule has 1 unspecified atom stereocenters. The Morgan fingerprint density at radius 2 is 1.77 bits per heavy atom. The van der Waals surface area contributed by atoms with Crippen LogP contribution < -0.4 is 10.7 Å². The van der Waals surface area contributed by atoms with Crippen LogP contribution in [0.2, 0.25) is 0 Å². The number of rotatable bonds is 6. The van der Waals surface area contributed by atoms with Gasteiger partial charge in [0.15, 0.2) is 6.04 Å². The topological polar surface area (TPSA) is 138 Å². The number of thiazole rings is 1. The summed E-state index contributed by atoms with van der Waals surface area (Å²) >= 11 is 1.12. The quantitative estimate of drug-likeness (QED) is 0.481. The van der Waals surface area contributed by atoms with Gasteiger partial charge in [-0.15, -0.1) is 11.3 Å². The Labute approximate surface area is 203 Å². The van der Waals surface area contributed by atoms with E-state index in [9.17, 15) is 24.3 Å². The van der Waals surface area contributed by atoms with Gasteiger partial charge in [-0.3, -0.25) is 15.0 Å². The van der Waals surface area contributed by atoms with E-state index < -0.39 is 29.9 Å². The van der Waals surface area contributed by atoms with Crippen molar-refractivity contribution in [3.8, 4) is 11.1 Å². The maximum atomic E-state index is 12.6. The smallest absolute Gasteiger partial charge is 0.407 e. The first-order valence-electron chi connectivity index (χ1n) is 10.8. The zero-order valence-electron chi connectivity index (χ0n) is 18.3. The van der Waals surface area contributed by atoms with Gasteiger partial charge in [0.05, 0.1) is 13.0 Å². The summed E-state index contributed by atoms with van der Waals surface area (Å²) in [6, 6.07) is 14.8. The van der Waals surface area contributed by atoms with Crippen LogP contribution in [0.15, 0.2) is 53.9 Å². The van der Waals surface area contributed by atoms with E-state index in [1.165, 1.54) is 5.38 Å². The van der Waals surface area contributed by atoms with Crippen LogP contribution in [0.3, 0.4) is 0 Å². The minimum atomic E-state index is -1.29. The van der Waals surface area contributed by atoms with Crippen molar-refractivity contribution < 1.29 is 29.0 Å². The predicted molar refractivity (Wildman–Crippen MR) is 124 cm³/mol. The summed E-state index contributed by atoms with van der Waals surface area (Å²) in [6.45, 7) is 0.204. The lowest BCUT2D eigenvalue weighted by Crippen LogP contribution is -2.46. The molecular weight excluding hydrogens is 472 g/mol. The number of carbonyl (C=O) groups is 4. The number of aromatic nitrogens is 1. The molecule has 1 fully saturated rings. The third-order valence-corrected chi connectivity index (χ3v) is 6.79. The van der Waals surface area contributed by atoms with Crippen LogP contribution in [0.25, 0.3) is 11.1 Å². The van der Waals surface area contributed by atoms with E-state index in [-0.39, 0.29) is 31.2 Å². The Morgan fingerprint density at radius 1 is 1.11 bits per heavy atom. The SMILES string of the molecule is O=C1CC(C(=O)O)N(C(=O)c2csc(CNC(=O)OCC3c4ccccc4-c4ccccc43)n2)N1. The molecule has 5 rings (SSSR count). The molecule has 1 atom stereocenters. The monoisotopic (exact) mass is 492 g/mol. The first kappa shape index (κ1) is 22.5. The van der Waals surface area contributed by atoms with Crippen molar-refractivity contribution in [1.29, 1.82) is 0 Å². The number of benzene rings is 2. The molecule has 178 valence electrons. The molecule has 2 aliphatic rings. The highest BCUT2D eigenvalue weighted by Crippen LogP contribution is 2.44. The van der Waals surface area contributed by atoms with Crippen LogP contribution >= 0.6 is 11.3 Å². The van der Waals surface area contributed by atoms with Crippen LogP contribution in [0.5, 0.6) is 0 Å². The van der Waals surface area contributed by atoms with Crippen molar-refractivity contribution in [2.24, 2.45) is 0 Å². The van der Waals surface area contributed by atoms with Gasteiger partial charge in [-0.25, -0.2) is 19.6 Å². The molecule has 1 aliphatic heterocycles. The molecule has 0 radical (unpaired) electrons. The van der Waals surface area contributed by atoms with Gasteiger partial charge in [-0.1, -0.05) is 48.5 Å². The summed E-state index contributed by atoms with van der Waals surface area (Å²) in [4.78, 5) is 51.9. The van der Waals surface area contributed by atoms with Crippen molar-refractivity contribution in [1.82, 2.24) is 20.7 Å². The summed E-state index contributed by atoms with van der Waals surface area (Å²) in [6.07, 6.45) is -0.936. The molecule has 10 nitrogen and oxygen atoms in total. The molecule has 2 aromatic carbocycles. The molecule has 0 spiro atoms. The molecule has 1 aromatic heterocycles. The van der Waals surface area contributed by atoms with Gasteiger partial charge >= 0.3 is 12.1 Å². The van der Waals surface area contributed by atoms with Crippen molar-refractivity contribution >= 4 is 35.2 Å². The lowest BCUT2D eigenvalue weighted by molar-refractivity contribution is -0.142. The van der Waals surface area contributed by atoms with E-state index in [1.54, 1.807) is 0 Å². The number of carboxylic acids is 1. The lowest BCUT2D eigenvalue weighted by Gasteiger charge is -2.18. The number of hydrogen-bond acceptors (Lipinski definition) is 7. The van der Waals surface area contributed by atoms with Gasteiger partial charge in [-0.05, 0) is 22.3 Å². The summed E-state index contributed by atoms with van der Waals surface area (Å²) < 4.78 is 5.49. The number of alkyl carbamates (subject to hydrolysis) is 1. The van der Waals surface area contributed by atoms with Crippen LogP contribution in [-0.2, 0) is 20.9 Å².